The first-order chi connectivity index (χ1) is 13.0. The second-order valence-electron chi connectivity index (χ2n) is 7.17. The average molecular weight is 383 g/mol. The lowest BCUT2D eigenvalue weighted by molar-refractivity contribution is -0.124. The van der Waals surface area contributed by atoms with Gasteiger partial charge in [-0.3, -0.25) is 14.4 Å². The molecule has 0 bridgehead atoms. The number of ketones is 3. The standard InChI is InChI=1S/C23H23ClO3/c24-20-12-8-17(9-13-20)22(26)15-11-19-7-6-18(23(19)27)10-14-21(25)16-4-2-1-3-5-16/h1-5,8-9,12-13,18-19H,6-7,10-11,14-15H2/t18-,19+/m1/s1. The minimum absolute atomic E-state index is 0.0437. The lowest BCUT2D eigenvalue weighted by Crippen LogP contribution is -2.16. The first-order valence-corrected chi connectivity index (χ1v) is 9.83. The van der Waals surface area contributed by atoms with Gasteiger partial charge in [-0.05, 0) is 49.9 Å². The van der Waals surface area contributed by atoms with Crippen LogP contribution in [0.4, 0.5) is 0 Å². The van der Waals surface area contributed by atoms with Gasteiger partial charge in [-0.1, -0.05) is 41.9 Å². The Morgan fingerprint density at radius 2 is 1.26 bits per heavy atom. The van der Waals surface area contributed by atoms with Crippen molar-refractivity contribution in [2.75, 3.05) is 0 Å². The fourth-order valence-corrected chi connectivity index (χ4v) is 3.88. The van der Waals surface area contributed by atoms with Gasteiger partial charge < -0.3 is 0 Å². The van der Waals surface area contributed by atoms with Crippen LogP contribution in [0.1, 0.15) is 59.2 Å². The Bertz CT molecular complexity index is 811. The fourth-order valence-electron chi connectivity index (χ4n) is 3.75. The molecular weight excluding hydrogens is 360 g/mol. The zero-order valence-electron chi connectivity index (χ0n) is 15.2. The predicted octanol–water partition coefficient (Wildman–Crippen LogP) is 5.56. The molecule has 0 saturated heterocycles. The summed E-state index contributed by atoms with van der Waals surface area (Å²) >= 11 is 5.84. The zero-order chi connectivity index (χ0) is 19.2. The second-order valence-corrected chi connectivity index (χ2v) is 7.61. The summed E-state index contributed by atoms with van der Waals surface area (Å²) in [5, 5.41) is 0.602. The molecule has 3 rings (SSSR count). The van der Waals surface area contributed by atoms with Crippen molar-refractivity contribution in [3.63, 3.8) is 0 Å². The van der Waals surface area contributed by atoms with Crippen molar-refractivity contribution in [2.45, 2.75) is 38.5 Å². The van der Waals surface area contributed by atoms with Crippen LogP contribution in [0.5, 0.6) is 0 Å². The van der Waals surface area contributed by atoms with Gasteiger partial charge in [-0.25, -0.2) is 0 Å². The predicted molar refractivity (Wildman–Crippen MR) is 106 cm³/mol. The normalized spacial score (nSPS) is 19.2. The van der Waals surface area contributed by atoms with E-state index in [1.807, 2.05) is 30.3 Å². The molecule has 2 aromatic carbocycles. The summed E-state index contributed by atoms with van der Waals surface area (Å²) in [6.45, 7) is 0. The van der Waals surface area contributed by atoms with Crippen LogP contribution in [0.25, 0.3) is 0 Å². The number of Topliss-reactive ketones (excluding diaryl/α,β-unsaturated/α-hetero) is 3. The van der Waals surface area contributed by atoms with Gasteiger partial charge in [0, 0.05) is 40.8 Å². The maximum Gasteiger partial charge on any atom is 0.162 e. The third-order valence-electron chi connectivity index (χ3n) is 5.37. The fraction of sp³-hybridized carbons (Fsp3) is 0.348. The number of carbonyl (C=O) groups is 3. The Morgan fingerprint density at radius 1 is 0.778 bits per heavy atom. The molecule has 0 aromatic heterocycles. The number of hydrogen-bond acceptors (Lipinski definition) is 3. The molecule has 0 unspecified atom stereocenters. The average Bonchev–Trinajstić information content (AvgIpc) is 3.05. The van der Waals surface area contributed by atoms with Gasteiger partial charge in [0.05, 0.1) is 0 Å². The molecule has 27 heavy (non-hydrogen) atoms. The van der Waals surface area contributed by atoms with Gasteiger partial charge in [0.15, 0.2) is 11.6 Å². The molecule has 2 atom stereocenters. The van der Waals surface area contributed by atoms with Crippen LogP contribution in [-0.2, 0) is 4.79 Å². The van der Waals surface area contributed by atoms with Crippen LogP contribution in [0.15, 0.2) is 54.6 Å². The third-order valence-corrected chi connectivity index (χ3v) is 5.62. The molecule has 1 aliphatic rings. The Balaban J connectivity index is 1.46. The van der Waals surface area contributed by atoms with Crippen molar-refractivity contribution in [3.05, 3.63) is 70.7 Å². The van der Waals surface area contributed by atoms with Gasteiger partial charge >= 0.3 is 0 Å². The number of halogens is 1. The minimum atomic E-state index is -0.0573. The molecule has 0 N–H and O–H groups in total. The molecule has 4 heteroatoms. The molecule has 0 heterocycles. The smallest absolute Gasteiger partial charge is 0.162 e. The highest BCUT2D eigenvalue weighted by molar-refractivity contribution is 6.30. The van der Waals surface area contributed by atoms with Crippen LogP contribution >= 0.6 is 11.6 Å². The number of carbonyl (C=O) groups excluding carboxylic acids is 3. The van der Waals surface area contributed by atoms with Crippen LogP contribution in [0, 0.1) is 11.8 Å². The van der Waals surface area contributed by atoms with E-state index in [4.69, 9.17) is 11.6 Å². The lowest BCUT2D eigenvalue weighted by Gasteiger charge is -2.10. The molecule has 0 spiro atoms. The Morgan fingerprint density at radius 3 is 1.78 bits per heavy atom. The lowest BCUT2D eigenvalue weighted by atomic mass is 9.92. The van der Waals surface area contributed by atoms with E-state index < -0.39 is 0 Å². The van der Waals surface area contributed by atoms with E-state index in [0.717, 1.165) is 12.8 Å². The highest BCUT2D eigenvalue weighted by atomic mass is 35.5. The molecule has 140 valence electrons. The van der Waals surface area contributed by atoms with E-state index >= 15 is 0 Å². The first kappa shape index (κ1) is 19.5. The van der Waals surface area contributed by atoms with Gasteiger partial charge in [-0.2, -0.15) is 0 Å². The second kappa shape index (κ2) is 9.09. The summed E-state index contributed by atoms with van der Waals surface area (Å²) in [5.41, 5.74) is 1.34. The van der Waals surface area contributed by atoms with Gasteiger partial charge in [0.25, 0.3) is 0 Å². The molecule has 1 aliphatic carbocycles. The molecule has 1 saturated carbocycles. The number of benzene rings is 2. The summed E-state index contributed by atoms with van der Waals surface area (Å²) in [6, 6.07) is 16.0. The monoisotopic (exact) mass is 382 g/mol. The highest BCUT2D eigenvalue weighted by Crippen LogP contribution is 2.34. The quantitative estimate of drug-likeness (QED) is 0.561. The summed E-state index contributed by atoms with van der Waals surface area (Å²) < 4.78 is 0. The van der Waals surface area contributed by atoms with E-state index in [9.17, 15) is 14.4 Å². The molecular formula is C23H23ClO3. The van der Waals surface area contributed by atoms with Crippen molar-refractivity contribution < 1.29 is 14.4 Å². The Labute approximate surface area is 164 Å². The summed E-state index contributed by atoms with van der Waals surface area (Å²) in [4.78, 5) is 37.1. The van der Waals surface area contributed by atoms with Crippen molar-refractivity contribution in [1.29, 1.82) is 0 Å². The van der Waals surface area contributed by atoms with E-state index in [-0.39, 0.29) is 29.2 Å². The summed E-state index contributed by atoms with van der Waals surface area (Å²) in [5.74, 6) is 0.248. The molecule has 0 radical (unpaired) electrons. The van der Waals surface area contributed by atoms with Crippen molar-refractivity contribution in [1.82, 2.24) is 0 Å². The maximum absolute atomic E-state index is 12.6. The molecule has 0 amide bonds. The summed E-state index contributed by atoms with van der Waals surface area (Å²) in [6.07, 6.45) is 3.60. The van der Waals surface area contributed by atoms with Crippen molar-refractivity contribution >= 4 is 29.0 Å². The topological polar surface area (TPSA) is 51.2 Å². The Hall–Kier alpha value is -2.26. The van der Waals surface area contributed by atoms with Gasteiger partial charge in [-0.15, -0.1) is 0 Å². The highest BCUT2D eigenvalue weighted by Gasteiger charge is 2.34. The van der Waals surface area contributed by atoms with Crippen LogP contribution < -0.4 is 0 Å². The van der Waals surface area contributed by atoms with Crippen LogP contribution in [0.2, 0.25) is 5.02 Å². The van der Waals surface area contributed by atoms with E-state index in [0.29, 0.717) is 41.8 Å². The van der Waals surface area contributed by atoms with E-state index in [2.05, 4.69) is 0 Å². The largest absolute Gasteiger partial charge is 0.299 e. The molecule has 1 fully saturated rings. The molecule has 0 aliphatic heterocycles. The van der Waals surface area contributed by atoms with Crippen LogP contribution in [0.3, 0.4) is 0 Å². The van der Waals surface area contributed by atoms with Crippen molar-refractivity contribution in [2.24, 2.45) is 11.8 Å². The zero-order valence-corrected chi connectivity index (χ0v) is 16.0. The third kappa shape index (κ3) is 5.14. The van der Waals surface area contributed by atoms with Crippen LogP contribution in [-0.4, -0.2) is 17.3 Å². The van der Waals surface area contributed by atoms with E-state index in [1.165, 1.54) is 0 Å². The van der Waals surface area contributed by atoms with Gasteiger partial charge in [0.2, 0.25) is 0 Å². The number of rotatable bonds is 8. The Kier molecular flexibility index (Phi) is 6.57. The van der Waals surface area contributed by atoms with E-state index in [1.54, 1.807) is 24.3 Å². The molecule has 3 nitrogen and oxygen atoms in total. The minimum Gasteiger partial charge on any atom is -0.299 e. The number of hydrogen-bond donors (Lipinski definition) is 0. The SMILES string of the molecule is O=C(CC[C@@H]1CC[C@H](CCC(=O)c2ccccc2)C1=O)c1ccc(Cl)cc1. The summed E-state index contributed by atoms with van der Waals surface area (Å²) in [7, 11) is 0. The van der Waals surface area contributed by atoms with Crippen molar-refractivity contribution in [3.8, 4) is 0 Å². The molecule has 2 aromatic rings. The van der Waals surface area contributed by atoms with Gasteiger partial charge in [0.1, 0.15) is 5.78 Å². The first-order valence-electron chi connectivity index (χ1n) is 9.45. The maximum atomic E-state index is 12.6.